The Labute approximate surface area is 135 Å². The summed E-state index contributed by atoms with van der Waals surface area (Å²) in [6.45, 7) is 16.9. The van der Waals surface area contributed by atoms with E-state index in [1.54, 1.807) is 0 Å². The van der Waals surface area contributed by atoms with Crippen LogP contribution in [0.1, 0.15) is 93.4 Å². The van der Waals surface area contributed by atoms with E-state index in [1.807, 2.05) is 0 Å². The molecule has 0 radical (unpaired) electrons. The average Bonchev–Trinajstić information content (AvgIpc) is 2.41. The fourth-order valence-corrected chi connectivity index (χ4v) is 4.54. The number of rotatable bonds is 10. The molecule has 1 saturated carbocycles. The van der Waals surface area contributed by atoms with Gasteiger partial charge in [-0.15, -0.1) is 0 Å². The molecule has 0 aromatic heterocycles. The molecule has 4 atom stereocenters. The summed E-state index contributed by atoms with van der Waals surface area (Å²) in [5.74, 6) is 6.64. The molecule has 1 rings (SSSR count). The minimum Gasteiger partial charge on any atom is -0.0651 e. The van der Waals surface area contributed by atoms with Crippen LogP contribution >= 0.6 is 0 Å². The molecule has 0 aromatic carbocycles. The van der Waals surface area contributed by atoms with Crippen LogP contribution in [0.15, 0.2) is 0 Å². The van der Waals surface area contributed by atoms with Crippen LogP contribution in [-0.4, -0.2) is 0 Å². The first kappa shape index (κ1) is 19.0. The molecule has 0 amide bonds. The minimum absolute atomic E-state index is 0.834. The van der Waals surface area contributed by atoms with Gasteiger partial charge in [-0.2, -0.15) is 0 Å². The minimum atomic E-state index is 0.834. The van der Waals surface area contributed by atoms with E-state index in [1.165, 1.54) is 44.9 Å². The largest absolute Gasteiger partial charge is 0.0651 e. The standard InChI is InChI=1S/C21H42/c1-8-16(5)12-20-13-19(14-20)11-10-17(6)21(9-2)18(7)15(3)4/h15-21H,8-14H2,1-7H3. The summed E-state index contributed by atoms with van der Waals surface area (Å²) in [6, 6.07) is 0. The molecule has 0 heterocycles. The fourth-order valence-electron chi connectivity index (χ4n) is 4.54. The van der Waals surface area contributed by atoms with E-state index in [9.17, 15) is 0 Å². The van der Waals surface area contributed by atoms with Gasteiger partial charge in [0.25, 0.3) is 0 Å². The lowest BCUT2D eigenvalue weighted by atomic mass is 9.67. The summed E-state index contributed by atoms with van der Waals surface area (Å²) >= 11 is 0. The van der Waals surface area contributed by atoms with Gasteiger partial charge in [0.05, 0.1) is 0 Å². The molecule has 0 heteroatoms. The van der Waals surface area contributed by atoms with E-state index >= 15 is 0 Å². The van der Waals surface area contributed by atoms with Crippen LogP contribution in [0.5, 0.6) is 0 Å². The first-order valence-corrected chi connectivity index (χ1v) is 9.88. The van der Waals surface area contributed by atoms with Gasteiger partial charge in [-0.1, -0.05) is 74.1 Å². The van der Waals surface area contributed by atoms with Gasteiger partial charge >= 0.3 is 0 Å². The highest BCUT2D eigenvalue weighted by Gasteiger charge is 2.31. The Morgan fingerprint density at radius 1 is 0.857 bits per heavy atom. The third kappa shape index (κ3) is 5.95. The van der Waals surface area contributed by atoms with Crippen LogP contribution in [-0.2, 0) is 0 Å². The van der Waals surface area contributed by atoms with E-state index in [0.717, 1.165) is 41.4 Å². The van der Waals surface area contributed by atoms with Gasteiger partial charge in [0.1, 0.15) is 0 Å². The van der Waals surface area contributed by atoms with Gasteiger partial charge < -0.3 is 0 Å². The second kappa shape index (κ2) is 9.21. The van der Waals surface area contributed by atoms with Gasteiger partial charge in [0.2, 0.25) is 0 Å². The lowest BCUT2D eigenvalue weighted by Gasteiger charge is -2.38. The molecule has 0 aromatic rings. The van der Waals surface area contributed by atoms with Gasteiger partial charge in [-0.05, 0) is 60.7 Å². The zero-order valence-corrected chi connectivity index (χ0v) is 16.0. The molecule has 0 bridgehead atoms. The Balaban J connectivity index is 2.23. The molecular formula is C21H42. The highest BCUT2D eigenvalue weighted by molar-refractivity contribution is 4.82. The third-order valence-corrected chi connectivity index (χ3v) is 6.73. The highest BCUT2D eigenvalue weighted by atomic mass is 14.4. The van der Waals surface area contributed by atoms with Gasteiger partial charge in [-0.25, -0.2) is 0 Å². The van der Waals surface area contributed by atoms with Crippen LogP contribution in [0.25, 0.3) is 0 Å². The van der Waals surface area contributed by atoms with E-state index in [4.69, 9.17) is 0 Å². The van der Waals surface area contributed by atoms with Crippen LogP contribution in [0, 0.1) is 41.4 Å². The topological polar surface area (TPSA) is 0 Å². The molecule has 0 nitrogen and oxygen atoms in total. The maximum absolute atomic E-state index is 2.52. The van der Waals surface area contributed by atoms with E-state index in [0.29, 0.717) is 0 Å². The molecule has 0 N–H and O–H groups in total. The first-order chi connectivity index (χ1) is 9.88. The molecule has 4 unspecified atom stereocenters. The Hall–Kier alpha value is 0. The molecule has 1 aliphatic carbocycles. The molecule has 126 valence electrons. The predicted octanol–water partition coefficient (Wildman–Crippen LogP) is 7.18. The van der Waals surface area contributed by atoms with Crippen molar-refractivity contribution in [1.82, 2.24) is 0 Å². The third-order valence-electron chi connectivity index (χ3n) is 6.73. The molecule has 0 spiro atoms. The summed E-state index contributed by atoms with van der Waals surface area (Å²) in [7, 11) is 0. The Morgan fingerprint density at radius 3 is 1.95 bits per heavy atom. The zero-order valence-electron chi connectivity index (χ0n) is 16.0. The molecule has 1 fully saturated rings. The molecule has 0 saturated heterocycles. The quantitative estimate of drug-likeness (QED) is 0.400. The fraction of sp³-hybridized carbons (Fsp3) is 1.00. The van der Waals surface area contributed by atoms with Gasteiger partial charge in [0, 0.05) is 0 Å². The Bertz CT molecular complexity index is 261. The molecule has 21 heavy (non-hydrogen) atoms. The monoisotopic (exact) mass is 294 g/mol. The van der Waals surface area contributed by atoms with Gasteiger partial charge in [0.15, 0.2) is 0 Å². The molecule has 1 aliphatic rings. The van der Waals surface area contributed by atoms with Crippen LogP contribution in [0.4, 0.5) is 0 Å². The van der Waals surface area contributed by atoms with Crippen molar-refractivity contribution in [3.8, 4) is 0 Å². The Morgan fingerprint density at radius 2 is 1.48 bits per heavy atom. The zero-order chi connectivity index (χ0) is 16.0. The van der Waals surface area contributed by atoms with Crippen molar-refractivity contribution in [3.63, 3.8) is 0 Å². The second-order valence-electron chi connectivity index (χ2n) is 8.68. The predicted molar refractivity (Wildman–Crippen MR) is 96.5 cm³/mol. The lowest BCUT2D eigenvalue weighted by Crippen LogP contribution is -2.27. The number of hydrogen-bond donors (Lipinski definition) is 0. The number of hydrogen-bond acceptors (Lipinski definition) is 0. The van der Waals surface area contributed by atoms with E-state index in [-0.39, 0.29) is 0 Å². The average molecular weight is 295 g/mol. The summed E-state index contributed by atoms with van der Waals surface area (Å²) in [5, 5.41) is 0. The maximum atomic E-state index is 2.52. The van der Waals surface area contributed by atoms with Crippen LogP contribution in [0.3, 0.4) is 0 Å². The lowest BCUT2D eigenvalue weighted by molar-refractivity contribution is 0.126. The van der Waals surface area contributed by atoms with Crippen molar-refractivity contribution in [2.75, 3.05) is 0 Å². The van der Waals surface area contributed by atoms with E-state index < -0.39 is 0 Å². The summed E-state index contributed by atoms with van der Waals surface area (Å²) < 4.78 is 0. The summed E-state index contributed by atoms with van der Waals surface area (Å²) in [5.41, 5.74) is 0. The first-order valence-electron chi connectivity index (χ1n) is 9.88. The van der Waals surface area contributed by atoms with E-state index in [2.05, 4.69) is 48.5 Å². The van der Waals surface area contributed by atoms with Crippen molar-refractivity contribution in [2.45, 2.75) is 93.4 Å². The summed E-state index contributed by atoms with van der Waals surface area (Å²) in [4.78, 5) is 0. The van der Waals surface area contributed by atoms with Crippen molar-refractivity contribution in [3.05, 3.63) is 0 Å². The van der Waals surface area contributed by atoms with Crippen molar-refractivity contribution >= 4 is 0 Å². The maximum Gasteiger partial charge on any atom is -0.0363 e. The van der Waals surface area contributed by atoms with Gasteiger partial charge in [-0.3, -0.25) is 0 Å². The SMILES string of the molecule is CCC(C)CC1CC(CCC(C)C(CC)C(C)C(C)C)C1. The summed E-state index contributed by atoms with van der Waals surface area (Å²) in [6.07, 6.45) is 10.3. The second-order valence-corrected chi connectivity index (χ2v) is 8.68. The molecular weight excluding hydrogens is 252 g/mol. The van der Waals surface area contributed by atoms with Crippen molar-refractivity contribution in [1.29, 1.82) is 0 Å². The van der Waals surface area contributed by atoms with Crippen LogP contribution in [0.2, 0.25) is 0 Å². The highest BCUT2D eigenvalue weighted by Crippen LogP contribution is 2.42. The normalized spacial score (nSPS) is 28.0. The van der Waals surface area contributed by atoms with Crippen molar-refractivity contribution < 1.29 is 0 Å². The van der Waals surface area contributed by atoms with Crippen molar-refractivity contribution in [2.24, 2.45) is 41.4 Å². The smallest absolute Gasteiger partial charge is 0.0363 e. The van der Waals surface area contributed by atoms with Crippen LogP contribution < -0.4 is 0 Å². The Kier molecular flexibility index (Phi) is 8.35. The molecule has 0 aliphatic heterocycles.